The summed E-state index contributed by atoms with van der Waals surface area (Å²) >= 11 is 3.39. The summed E-state index contributed by atoms with van der Waals surface area (Å²) in [6, 6.07) is 12.8. The van der Waals surface area contributed by atoms with Crippen LogP contribution in [0.2, 0.25) is 0 Å². The maximum atomic E-state index is 10.9. The molecule has 0 radical (unpaired) electrons. The normalized spacial score (nSPS) is 10.3. The smallest absolute Gasteiger partial charge is 0.272 e. The summed E-state index contributed by atoms with van der Waals surface area (Å²) in [5.41, 5.74) is 2.72. The molecule has 0 bridgehead atoms. The molecule has 0 spiro atoms. The van der Waals surface area contributed by atoms with E-state index in [9.17, 15) is 10.1 Å². The van der Waals surface area contributed by atoms with Crippen molar-refractivity contribution in [2.75, 3.05) is 0 Å². The monoisotopic (exact) mass is 335 g/mol. The first-order chi connectivity index (χ1) is 9.61. The molecule has 2 aromatic carbocycles. The minimum absolute atomic E-state index is 0.125. The van der Waals surface area contributed by atoms with Crippen molar-refractivity contribution in [3.8, 4) is 5.75 Å². The Morgan fingerprint density at radius 2 is 2.00 bits per heavy atom. The maximum absolute atomic E-state index is 10.9. The highest BCUT2D eigenvalue weighted by Crippen LogP contribution is 2.23. The third-order valence-corrected chi connectivity index (χ3v) is 3.71. The highest BCUT2D eigenvalue weighted by atomic mass is 79.9. The second-order valence-corrected chi connectivity index (χ2v) is 4.95. The minimum Gasteiger partial charge on any atom is -0.489 e. The summed E-state index contributed by atoms with van der Waals surface area (Å²) in [6.45, 7) is 2.06. The molecule has 2 aromatic rings. The molecule has 0 aromatic heterocycles. The van der Waals surface area contributed by atoms with E-state index in [1.165, 1.54) is 6.07 Å². The first-order valence-corrected chi connectivity index (χ1v) is 7.24. The van der Waals surface area contributed by atoms with Crippen LogP contribution >= 0.6 is 15.9 Å². The van der Waals surface area contributed by atoms with Gasteiger partial charge in [0.25, 0.3) is 5.69 Å². The molecule has 0 fully saturated rings. The molecular weight excluding hydrogens is 322 g/mol. The van der Waals surface area contributed by atoms with Crippen molar-refractivity contribution < 1.29 is 9.66 Å². The first kappa shape index (κ1) is 14.5. The predicted octanol–water partition coefficient (Wildman–Crippen LogP) is 4.38. The summed E-state index contributed by atoms with van der Waals surface area (Å²) in [4.78, 5) is 10.5. The zero-order valence-electron chi connectivity index (χ0n) is 11.0. The molecule has 0 atom stereocenters. The van der Waals surface area contributed by atoms with E-state index < -0.39 is 0 Å². The lowest BCUT2D eigenvalue weighted by atomic mass is 10.1. The quantitative estimate of drug-likeness (QED) is 0.463. The molecular formula is C15H14BrNO3. The van der Waals surface area contributed by atoms with Gasteiger partial charge in [0.1, 0.15) is 12.4 Å². The fourth-order valence-corrected chi connectivity index (χ4v) is 2.25. The number of hydrogen-bond acceptors (Lipinski definition) is 3. The maximum Gasteiger partial charge on any atom is 0.272 e. The first-order valence-electron chi connectivity index (χ1n) is 6.12. The Balaban J connectivity index is 2.14. The van der Waals surface area contributed by atoms with Crippen molar-refractivity contribution >= 4 is 21.6 Å². The van der Waals surface area contributed by atoms with Gasteiger partial charge in [0.2, 0.25) is 0 Å². The van der Waals surface area contributed by atoms with Gasteiger partial charge in [-0.3, -0.25) is 10.1 Å². The van der Waals surface area contributed by atoms with Gasteiger partial charge in [0.05, 0.1) is 4.92 Å². The van der Waals surface area contributed by atoms with Crippen LogP contribution in [0.15, 0.2) is 42.5 Å². The van der Waals surface area contributed by atoms with E-state index in [0.717, 1.165) is 22.2 Å². The van der Waals surface area contributed by atoms with Gasteiger partial charge in [-0.1, -0.05) is 40.2 Å². The number of nitrogens with zero attached hydrogens (tertiary/aromatic N) is 1. The number of nitro groups is 1. The highest BCUT2D eigenvalue weighted by molar-refractivity contribution is 9.08. The average Bonchev–Trinajstić information content (AvgIpc) is 2.46. The van der Waals surface area contributed by atoms with Crippen molar-refractivity contribution in [2.45, 2.75) is 18.9 Å². The van der Waals surface area contributed by atoms with Crippen molar-refractivity contribution in [1.82, 2.24) is 0 Å². The Morgan fingerprint density at radius 1 is 1.25 bits per heavy atom. The number of nitro benzene ring substituents is 1. The molecule has 0 aliphatic carbocycles. The Bertz CT molecular complexity index is 628. The van der Waals surface area contributed by atoms with Gasteiger partial charge in [0, 0.05) is 17.0 Å². The molecule has 5 heteroatoms. The van der Waals surface area contributed by atoms with Crippen LogP contribution in [-0.4, -0.2) is 4.92 Å². The van der Waals surface area contributed by atoms with E-state index in [1.54, 1.807) is 13.0 Å². The van der Waals surface area contributed by atoms with Crippen molar-refractivity contribution in [2.24, 2.45) is 0 Å². The standard InChI is InChI=1S/C15H14BrNO3/c1-11-13(5-3-7-15(11)17(18)19)10-20-14-6-2-4-12(8-14)9-16/h2-8H,9-10H2,1H3. The fourth-order valence-electron chi connectivity index (χ4n) is 1.90. The number of halogens is 1. The van der Waals surface area contributed by atoms with E-state index >= 15 is 0 Å². The van der Waals surface area contributed by atoms with Crippen molar-refractivity contribution in [3.63, 3.8) is 0 Å². The van der Waals surface area contributed by atoms with Crippen LogP contribution in [0.4, 0.5) is 5.69 Å². The number of hydrogen-bond donors (Lipinski definition) is 0. The Morgan fingerprint density at radius 3 is 2.70 bits per heavy atom. The summed E-state index contributed by atoms with van der Waals surface area (Å²) < 4.78 is 5.71. The third-order valence-electron chi connectivity index (χ3n) is 3.06. The predicted molar refractivity (Wildman–Crippen MR) is 81.2 cm³/mol. The van der Waals surface area contributed by atoms with E-state index in [1.807, 2.05) is 30.3 Å². The highest BCUT2D eigenvalue weighted by Gasteiger charge is 2.13. The second-order valence-electron chi connectivity index (χ2n) is 4.39. The minimum atomic E-state index is -0.371. The number of benzene rings is 2. The molecule has 0 amide bonds. The lowest BCUT2D eigenvalue weighted by Gasteiger charge is -2.09. The van der Waals surface area contributed by atoms with Gasteiger partial charge in [-0.05, 0) is 30.2 Å². The third kappa shape index (κ3) is 3.36. The largest absolute Gasteiger partial charge is 0.489 e. The number of ether oxygens (including phenoxy) is 1. The average molecular weight is 336 g/mol. The molecule has 0 aliphatic rings. The molecule has 0 N–H and O–H groups in total. The van der Waals surface area contributed by atoms with Crippen molar-refractivity contribution in [1.29, 1.82) is 0 Å². The van der Waals surface area contributed by atoms with Crippen LogP contribution in [0.1, 0.15) is 16.7 Å². The van der Waals surface area contributed by atoms with Gasteiger partial charge in [-0.15, -0.1) is 0 Å². The van der Waals surface area contributed by atoms with Crippen LogP contribution in [0, 0.1) is 17.0 Å². The van der Waals surface area contributed by atoms with Crippen LogP contribution in [0.5, 0.6) is 5.75 Å². The molecule has 0 saturated heterocycles. The van der Waals surface area contributed by atoms with Gasteiger partial charge in [-0.2, -0.15) is 0 Å². The van der Waals surface area contributed by atoms with E-state index in [0.29, 0.717) is 12.2 Å². The summed E-state index contributed by atoms with van der Waals surface area (Å²) in [5.74, 6) is 0.757. The molecule has 0 unspecified atom stereocenters. The Labute approximate surface area is 125 Å². The van der Waals surface area contributed by atoms with Crippen LogP contribution in [-0.2, 0) is 11.9 Å². The molecule has 0 saturated carbocycles. The van der Waals surface area contributed by atoms with Gasteiger partial charge in [0.15, 0.2) is 0 Å². The van der Waals surface area contributed by atoms with E-state index in [2.05, 4.69) is 15.9 Å². The molecule has 4 nitrogen and oxygen atoms in total. The summed E-state index contributed by atoms with van der Waals surface area (Å²) in [6.07, 6.45) is 0. The molecule has 104 valence electrons. The fraction of sp³-hybridized carbons (Fsp3) is 0.200. The number of alkyl halides is 1. The SMILES string of the molecule is Cc1c(COc2cccc(CBr)c2)cccc1[N+](=O)[O-]. The van der Waals surface area contributed by atoms with Crippen LogP contribution in [0.25, 0.3) is 0 Å². The summed E-state index contributed by atoms with van der Waals surface area (Å²) in [7, 11) is 0. The van der Waals surface area contributed by atoms with Gasteiger partial charge < -0.3 is 4.74 Å². The lowest BCUT2D eigenvalue weighted by molar-refractivity contribution is -0.385. The van der Waals surface area contributed by atoms with Crippen molar-refractivity contribution in [3.05, 3.63) is 69.3 Å². The zero-order chi connectivity index (χ0) is 14.5. The number of rotatable bonds is 5. The molecule has 0 heterocycles. The van der Waals surface area contributed by atoms with E-state index in [-0.39, 0.29) is 10.6 Å². The second kappa shape index (κ2) is 6.52. The zero-order valence-corrected chi connectivity index (χ0v) is 12.6. The molecule has 0 aliphatic heterocycles. The van der Waals surface area contributed by atoms with Gasteiger partial charge >= 0.3 is 0 Å². The molecule has 2 rings (SSSR count). The Hall–Kier alpha value is -1.88. The molecule has 20 heavy (non-hydrogen) atoms. The van der Waals surface area contributed by atoms with Gasteiger partial charge in [-0.25, -0.2) is 0 Å². The lowest BCUT2D eigenvalue weighted by Crippen LogP contribution is -2.01. The van der Waals surface area contributed by atoms with E-state index in [4.69, 9.17) is 4.74 Å². The van der Waals surface area contributed by atoms with Crippen LogP contribution < -0.4 is 4.74 Å². The Kier molecular flexibility index (Phi) is 4.74. The topological polar surface area (TPSA) is 52.4 Å². The summed E-state index contributed by atoms with van der Waals surface area (Å²) in [5, 5.41) is 11.7. The van der Waals surface area contributed by atoms with Crippen LogP contribution in [0.3, 0.4) is 0 Å².